The zero-order chi connectivity index (χ0) is 15.0. The summed E-state index contributed by atoms with van der Waals surface area (Å²) in [5.74, 6) is 0.430. The van der Waals surface area contributed by atoms with Crippen LogP contribution in [0.15, 0.2) is 24.3 Å². The molecule has 0 aliphatic heterocycles. The first-order valence-electron chi connectivity index (χ1n) is 6.86. The van der Waals surface area contributed by atoms with Crippen molar-refractivity contribution >= 4 is 9.84 Å². The first kappa shape index (κ1) is 17.1. The quantitative estimate of drug-likeness (QED) is 0.706. The predicted molar refractivity (Wildman–Crippen MR) is 83.0 cm³/mol. The van der Waals surface area contributed by atoms with E-state index in [0.717, 1.165) is 13.1 Å². The van der Waals surface area contributed by atoms with Crippen molar-refractivity contribution in [3.05, 3.63) is 35.4 Å². The van der Waals surface area contributed by atoms with Gasteiger partial charge in [0.2, 0.25) is 0 Å². The fourth-order valence-corrected chi connectivity index (χ4v) is 2.74. The van der Waals surface area contributed by atoms with Crippen LogP contribution in [-0.4, -0.2) is 47.2 Å². The minimum atomic E-state index is -2.92. The maximum Gasteiger partial charge on any atom is 0.147 e. The second kappa shape index (κ2) is 8.39. The molecule has 0 saturated carbocycles. The maximum atomic E-state index is 11.4. The summed E-state index contributed by atoms with van der Waals surface area (Å²) in [5, 5.41) is 3.32. The second-order valence-electron chi connectivity index (χ2n) is 5.22. The normalized spacial score (nSPS) is 13.3. The molecule has 0 spiro atoms. The fraction of sp³-hybridized carbons (Fsp3) is 0.600. The van der Waals surface area contributed by atoms with Crippen molar-refractivity contribution in [2.75, 3.05) is 38.8 Å². The zero-order valence-electron chi connectivity index (χ0n) is 12.6. The summed E-state index contributed by atoms with van der Waals surface area (Å²) in [5.41, 5.74) is 2.40. The summed E-state index contributed by atoms with van der Waals surface area (Å²) >= 11 is 0. The van der Waals surface area contributed by atoms with E-state index in [1.54, 1.807) is 7.11 Å². The summed E-state index contributed by atoms with van der Waals surface area (Å²) < 4.78 is 27.7. The molecule has 4 nitrogen and oxygen atoms in total. The SMILES string of the molecule is COCCNCC(CCS(C)(=O)=O)c1ccc(C)cc1. The zero-order valence-corrected chi connectivity index (χ0v) is 13.4. The van der Waals surface area contributed by atoms with Gasteiger partial charge in [-0.25, -0.2) is 8.42 Å². The molecule has 1 aromatic carbocycles. The van der Waals surface area contributed by atoms with E-state index in [4.69, 9.17) is 4.74 Å². The molecular weight excluding hydrogens is 274 g/mol. The maximum absolute atomic E-state index is 11.4. The largest absolute Gasteiger partial charge is 0.383 e. The highest BCUT2D eigenvalue weighted by Crippen LogP contribution is 2.20. The number of hydrogen-bond donors (Lipinski definition) is 1. The van der Waals surface area contributed by atoms with Gasteiger partial charge in [0.25, 0.3) is 0 Å². The number of aryl methyl sites for hydroxylation is 1. The van der Waals surface area contributed by atoms with E-state index >= 15 is 0 Å². The first-order valence-corrected chi connectivity index (χ1v) is 8.92. The fourth-order valence-electron chi connectivity index (χ4n) is 2.03. The lowest BCUT2D eigenvalue weighted by molar-refractivity contribution is 0.199. The minimum absolute atomic E-state index is 0.210. The summed E-state index contributed by atoms with van der Waals surface area (Å²) in [6.07, 6.45) is 1.93. The molecule has 0 aliphatic carbocycles. The van der Waals surface area contributed by atoms with E-state index in [1.807, 2.05) is 6.92 Å². The van der Waals surface area contributed by atoms with Gasteiger partial charge < -0.3 is 10.1 Å². The number of hydrogen-bond acceptors (Lipinski definition) is 4. The molecule has 0 bridgehead atoms. The van der Waals surface area contributed by atoms with Gasteiger partial charge in [0, 0.05) is 26.5 Å². The lowest BCUT2D eigenvalue weighted by atomic mass is 9.95. The molecule has 0 heterocycles. The summed E-state index contributed by atoms with van der Waals surface area (Å²) in [6, 6.07) is 8.30. The number of rotatable bonds is 9. The van der Waals surface area contributed by atoms with Gasteiger partial charge in [-0.1, -0.05) is 29.8 Å². The van der Waals surface area contributed by atoms with Gasteiger partial charge in [-0.15, -0.1) is 0 Å². The van der Waals surface area contributed by atoms with Crippen LogP contribution in [0.1, 0.15) is 23.5 Å². The van der Waals surface area contributed by atoms with E-state index in [-0.39, 0.29) is 11.7 Å². The molecule has 20 heavy (non-hydrogen) atoms. The van der Waals surface area contributed by atoms with Crippen LogP contribution in [0.2, 0.25) is 0 Å². The molecule has 0 aliphatic rings. The Labute approximate surface area is 122 Å². The third-order valence-electron chi connectivity index (χ3n) is 3.26. The average Bonchev–Trinajstić information content (AvgIpc) is 2.38. The van der Waals surface area contributed by atoms with Crippen LogP contribution in [0, 0.1) is 6.92 Å². The topological polar surface area (TPSA) is 55.4 Å². The van der Waals surface area contributed by atoms with Crippen LogP contribution >= 0.6 is 0 Å². The van der Waals surface area contributed by atoms with E-state index in [2.05, 4.69) is 29.6 Å². The molecule has 0 fully saturated rings. The molecule has 1 unspecified atom stereocenters. The highest BCUT2D eigenvalue weighted by atomic mass is 32.2. The van der Waals surface area contributed by atoms with Gasteiger partial charge in [0.1, 0.15) is 9.84 Å². The number of benzene rings is 1. The summed E-state index contributed by atoms with van der Waals surface area (Å²) in [6.45, 7) is 4.25. The van der Waals surface area contributed by atoms with E-state index in [1.165, 1.54) is 17.4 Å². The van der Waals surface area contributed by atoms with Crippen molar-refractivity contribution in [2.24, 2.45) is 0 Å². The third-order valence-corrected chi connectivity index (χ3v) is 4.24. The Morgan fingerprint density at radius 2 is 1.90 bits per heavy atom. The van der Waals surface area contributed by atoms with Crippen LogP contribution in [-0.2, 0) is 14.6 Å². The van der Waals surface area contributed by atoms with Crippen molar-refractivity contribution in [1.82, 2.24) is 5.32 Å². The smallest absolute Gasteiger partial charge is 0.147 e. The minimum Gasteiger partial charge on any atom is -0.383 e. The third kappa shape index (κ3) is 7.03. The number of methoxy groups -OCH3 is 1. The van der Waals surface area contributed by atoms with Crippen LogP contribution in [0.5, 0.6) is 0 Å². The lowest BCUT2D eigenvalue weighted by Crippen LogP contribution is -2.26. The standard InChI is InChI=1S/C15H25NO3S/c1-13-4-6-14(7-5-13)15(8-11-20(3,17)18)12-16-9-10-19-2/h4-7,15-16H,8-12H2,1-3H3. The molecule has 114 valence electrons. The van der Waals surface area contributed by atoms with Crippen LogP contribution in [0.3, 0.4) is 0 Å². The summed E-state index contributed by atoms with van der Waals surface area (Å²) in [4.78, 5) is 0. The molecule has 1 aromatic rings. The second-order valence-corrected chi connectivity index (χ2v) is 7.48. The monoisotopic (exact) mass is 299 g/mol. The Bertz CT molecular complexity index is 482. The highest BCUT2D eigenvalue weighted by molar-refractivity contribution is 7.90. The highest BCUT2D eigenvalue weighted by Gasteiger charge is 2.14. The van der Waals surface area contributed by atoms with Crippen molar-refractivity contribution < 1.29 is 13.2 Å². The molecule has 5 heteroatoms. The van der Waals surface area contributed by atoms with Gasteiger partial charge >= 0.3 is 0 Å². The van der Waals surface area contributed by atoms with E-state index in [9.17, 15) is 8.42 Å². The molecule has 0 amide bonds. The van der Waals surface area contributed by atoms with Crippen LogP contribution in [0.4, 0.5) is 0 Å². The van der Waals surface area contributed by atoms with Gasteiger partial charge in [0.05, 0.1) is 12.4 Å². The van der Waals surface area contributed by atoms with Gasteiger partial charge in [-0.05, 0) is 24.8 Å². The Hall–Kier alpha value is -0.910. The molecular formula is C15H25NO3S. The molecule has 1 N–H and O–H groups in total. The van der Waals surface area contributed by atoms with Gasteiger partial charge in [-0.2, -0.15) is 0 Å². The Balaban J connectivity index is 2.65. The predicted octanol–water partition coefficient (Wildman–Crippen LogP) is 1.75. The first-order chi connectivity index (χ1) is 9.42. The lowest BCUT2D eigenvalue weighted by Gasteiger charge is -2.18. The van der Waals surface area contributed by atoms with Crippen molar-refractivity contribution in [3.63, 3.8) is 0 Å². The molecule has 0 radical (unpaired) electrons. The molecule has 1 rings (SSSR count). The number of nitrogens with one attached hydrogen (secondary N) is 1. The van der Waals surface area contributed by atoms with Crippen LogP contribution < -0.4 is 5.32 Å². The number of ether oxygens (including phenoxy) is 1. The van der Waals surface area contributed by atoms with E-state index < -0.39 is 9.84 Å². The summed E-state index contributed by atoms with van der Waals surface area (Å²) in [7, 11) is -1.25. The van der Waals surface area contributed by atoms with Gasteiger partial charge in [0.15, 0.2) is 0 Å². The average molecular weight is 299 g/mol. The van der Waals surface area contributed by atoms with Crippen molar-refractivity contribution in [3.8, 4) is 0 Å². The Kier molecular flexibility index (Phi) is 7.19. The molecule has 0 aromatic heterocycles. The van der Waals surface area contributed by atoms with Crippen LogP contribution in [0.25, 0.3) is 0 Å². The Morgan fingerprint density at radius 1 is 1.25 bits per heavy atom. The van der Waals surface area contributed by atoms with E-state index in [0.29, 0.717) is 13.0 Å². The molecule has 1 atom stereocenters. The Morgan fingerprint density at radius 3 is 2.45 bits per heavy atom. The van der Waals surface area contributed by atoms with Crippen molar-refractivity contribution in [2.45, 2.75) is 19.3 Å². The van der Waals surface area contributed by atoms with Gasteiger partial charge in [-0.3, -0.25) is 0 Å². The number of sulfone groups is 1. The van der Waals surface area contributed by atoms with Crippen molar-refractivity contribution in [1.29, 1.82) is 0 Å². The molecule has 0 saturated heterocycles.